The average Bonchev–Trinajstić information content (AvgIpc) is 3.33. The highest BCUT2D eigenvalue weighted by molar-refractivity contribution is 9.10. The summed E-state index contributed by atoms with van der Waals surface area (Å²) in [7, 11) is 1.63. The van der Waals surface area contributed by atoms with E-state index in [9.17, 15) is 9.90 Å². The molecule has 2 N–H and O–H groups in total. The van der Waals surface area contributed by atoms with E-state index >= 15 is 0 Å². The van der Waals surface area contributed by atoms with Crippen LogP contribution in [0.15, 0.2) is 65.2 Å². The predicted molar refractivity (Wildman–Crippen MR) is 141 cm³/mol. The lowest BCUT2D eigenvalue weighted by Crippen LogP contribution is -2.31. The van der Waals surface area contributed by atoms with Gasteiger partial charge in [-0.25, -0.2) is 4.79 Å². The Morgan fingerprint density at radius 1 is 1.20 bits per heavy atom. The molecular weight excluding hydrogens is 530 g/mol. The molecule has 1 aliphatic heterocycles. The smallest absolute Gasteiger partial charge is 0.336 e. The van der Waals surface area contributed by atoms with Crippen LogP contribution in [0.25, 0.3) is 0 Å². The van der Waals surface area contributed by atoms with Gasteiger partial charge in [0.1, 0.15) is 6.61 Å². The SMILES string of the molecule is COc1cc([C@@H]2Nc3c(C)ccc(C(=O)O)c3[C@@H]3C=CC[C@@H]32)cc(Br)c1OCc1ccc(Cl)cc1. The molecule has 0 saturated heterocycles. The molecule has 2 aliphatic rings. The van der Waals surface area contributed by atoms with Crippen molar-refractivity contribution in [3.8, 4) is 11.5 Å². The molecular formula is C28H25BrClNO4. The lowest BCUT2D eigenvalue weighted by atomic mass is 9.74. The number of carbonyl (C=O) groups is 1. The van der Waals surface area contributed by atoms with Crippen LogP contribution in [0.1, 0.15) is 51.0 Å². The lowest BCUT2D eigenvalue weighted by molar-refractivity contribution is 0.0695. The topological polar surface area (TPSA) is 67.8 Å². The third-order valence-corrected chi connectivity index (χ3v) is 7.71. The number of methoxy groups -OCH3 is 1. The highest BCUT2D eigenvalue weighted by Crippen LogP contribution is 2.53. The minimum atomic E-state index is -0.896. The quantitative estimate of drug-likeness (QED) is 0.308. The van der Waals surface area contributed by atoms with Crippen molar-refractivity contribution in [1.82, 2.24) is 0 Å². The maximum absolute atomic E-state index is 12.0. The van der Waals surface area contributed by atoms with E-state index in [-0.39, 0.29) is 17.9 Å². The molecule has 5 nitrogen and oxygen atoms in total. The van der Waals surface area contributed by atoms with Crippen LogP contribution in [-0.2, 0) is 6.61 Å². The van der Waals surface area contributed by atoms with Crippen molar-refractivity contribution >= 4 is 39.2 Å². The Morgan fingerprint density at radius 2 is 1.97 bits per heavy atom. The summed E-state index contributed by atoms with van der Waals surface area (Å²) in [6.07, 6.45) is 5.17. The van der Waals surface area contributed by atoms with Crippen molar-refractivity contribution in [2.45, 2.75) is 31.9 Å². The lowest BCUT2D eigenvalue weighted by Gasteiger charge is -2.39. The molecule has 5 rings (SSSR count). The number of halogens is 2. The Kier molecular flexibility index (Phi) is 6.51. The van der Waals surface area contributed by atoms with Gasteiger partial charge in [0.15, 0.2) is 11.5 Å². The fourth-order valence-electron chi connectivity index (χ4n) is 5.17. The van der Waals surface area contributed by atoms with Crippen LogP contribution in [0.4, 0.5) is 5.69 Å². The summed E-state index contributed by atoms with van der Waals surface area (Å²) in [5, 5.41) is 14.2. The molecule has 3 aromatic rings. The molecule has 0 radical (unpaired) electrons. The Bertz CT molecular complexity index is 1320. The number of fused-ring (bicyclic) bond motifs is 3. The maximum atomic E-state index is 12.0. The van der Waals surface area contributed by atoms with Gasteiger partial charge in [0.25, 0.3) is 0 Å². The third-order valence-electron chi connectivity index (χ3n) is 6.87. The first-order valence-electron chi connectivity index (χ1n) is 11.4. The molecule has 35 heavy (non-hydrogen) atoms. The fraction of sp³-hybridized carbons (Fsp3) is 0.250. The van der Waals surface area contributed by atoms with Gasteiger partial charge in [0.05, 0.1) is 23.2 Å². The van der Waals surface area contributed by atoms with Crippen molar-refractivity contribution in [3.63, 3.8) is 0 Å². The van der Waals surface area contributed by atoms with Gasteiger partial charge in [0.2, 0.25) is 0 Å². The van der Waals surface area contributed by atoms with E-state index in [4.69, 9.17) is 21.1 Å². The first kappa shape index (κ1) is 23.8. The van der Waals surface area contributed by atoms with Crippen molar-refractivity contribution in [1.29, 1.82) is 0 Å². The Labute approximate surface area is 217 Å². The van der Waals surface area contributed by atoms with Crippen LogP contribution < -0.4 is 14.8 Å². The van der Waals surface area contributed by atoms with Crippen molar-refractivity contribution in [3.05, 3.63) is 98.0 Å². The number of benzene rings is 3. The van der Waals surface area contributed by atoms with E-state index in [0.717, 1.165) is 38.8 Å². The number of carboxylic acid groups (broad SMARTS) is 1. The maximum Gasteiger partial charge on any atom is 0.336 e. The van der Waals surface area contributed by atoms with Gasteiger partial charge >= 0.3 is 5.97 Å². The van der Waals surface area contributed by atoms with E-state index in [2.05, 4.69) is 39.5 Å². The van der Waals surface area contributed by atoms with E-state index in [1.807, 2.05) is 43.3 Å². The fourth-order valence-corrected chi connectivity index (χ4v) is 5.87. The Hall–Kier alpha value is -2.96. The molecule has 0 unspecified atom stereocenters. The zero-order valence-corrected chi connectivity index (χ0v) is 21.7. The second-order valence-corrected chi connectivity index (χ2v) is 10.2. The van der Waals surface area contributed by atoms with Crippen LogP contribution in [-0.4, -0.2) is 18.2 Å². The minimum absolute atomic E-state index is 0.0132. The summed E-state index contributed by atoms with van der Waals surface area (Å²) < 4.78 is 12.6. The van der Waals surface area contributed by atoms with Crippen molar-refractivity contribution < 1.29 is 19.4 Å². The summed E-state index contributed by atoms with van der Waals surface area (Å²) in [4.78, 5) is 12.0. The van der Waals surface area contributed by atoms with Gasteiger partial charge in [-0.15, -0.1) is 0 Å². The number of anilines is 1. The summed E-state index contributed by atoms with van der Waals surface area (Å²) >= 11 is 9.68. The minimum Gasteiger partial charge on any atom is -0.493 e. The van der Waals surface area contributed by atoms with E-state index in [1.54, 1.807) is 13.2 Å². The second kappa shape index (κ2) is 9.59. The molecule has 0 saturated carbocycles. The second-order valence-electron chi connectivity index (χ2n) is 8.95. The van der Waals surface area contributed by atoms with Gasteiger partial charge in [0, 0.05) is 16.6 Å². The molecule has 0 fully saturated rings. The number of rotatable bonds is 6. The van der Waals surface area contributed by atoms with Crippen molar-refractivity contribution in [2.75, 3.05) is 12.4 Å². The number of ether oxygens (including phenoxy) is 2. The zero-order chi connectivity index (χ0) is 24.7. The molecule has 0 aromatic heterocycles. The van der Waals surface area contributed by atoms with Crippen LogP contribution >= 0.6 is 27.5 Å². The Morgan fingerprint density at radius 3 is 2.69 bits per heavy atom. The van der Waals surface area contributed by atoms with Crippen LogP contribution in [0.2, 0.25) is 5.02 Å². The molecule has 0 bridgehead atoms. The van der Waals surface area contributed by atoms with Gasteiger partial charge < -0.3 is 19.9 Å². The Balaban J connectivity index is 1.49. The van der Waals surface area contributed by atoms with Gasteiger partial charge in [-0.05, 0) is 87.8 Å². The normalized spacial score (nSPS) is 20.1. The third kappa shape index (κ3) is 4.41. The molecule has 0 amide bonds. The molecule has 7 heteroatoms. The monoisotopic (exact) mass is 553 g/mol. The molecule has 3 aromatic carbocycles. The van der Waals surface area contributed by atoms with Crippen molar-refractivity contribution in [2.24, 2.45) is 5.92 Å². The van der Waals surface area contributed by atoms with E-state index in [0.29, 0.717) is 28.7 Å². The standard InChI is InChI=1S/C28H25BrClNO4/c1-15-6-11-21(28(32)33)24-19-4-3-5-20(19)26(31-25(15)24)17-12-22(29)27(23(13-17)34-2)35-14-16-7-9-18(30)10-8-16/h3-4,6-13,19-20,26,31H,5,14H2,1-2H3,(H,32,33)/t19-,20+,26+/m1/s1. The highest BCUT2D eigenvalue weighted by atomic mass is 79.9. The number of nitrogens with one attached hydrogen (secondary N) is 1. The summed E-state index contributed by atoms with van der Waals surface area (Å²) in [6, 6.07) is 15.2. The van der Waals surface area contributed by atoms with Crippen LogP contribution in [0, 0.1) is 12.8 Å². The number of aromatic carboxylic acids is 1. The molecule has 3 atom stereocenters. The zero-order valence-electron chi connectivity index (χ0n) is 19.3. The number of carboxylic acids is 1. The van der Waals surface area contributed by atoms with Gasteiger partial charge in [-0.3, -0.25) is 0 Å². The number of allylic oxidation sites excluding steroid dienone is 2. The van der Waals surface area contributed by atoms with Crippen LogP contribution in [0.3, 0.4) is 0 Å². The molecule has 180 valence electrons. The number of hydrogen-bond acceptors (Lipinski definition) is 4. The molecule has 0 spiro atoms. The summed E-state index contributed by atoms with van der Waals surface area (Å²) in [5.74, 6) is 0.599. The van der Waals surface area contributed by atoms with Crippen LogP contribution in [0.5, 0.6) is 11.5 Å². The van der Waals surface area contributed by atoms with E-state index < -0.39 is 5.97 Å². The first-order valence-corrected chi connectivity index (χ1v) is 12.6. The summed E-state index contributed by atoms with van der Waals surface area (Å²) in [5.41, 5.74) is 5.23. The largest absolute Gasteiger partial charge is 0.493 e. The van der Waals surface area contributed by atoms with Gasteiger partial charge in [-0.2, -0.15) is 0 Å². The predicted octanol–water partition coefficient (Wildman–Crippen LogP) is 7.52. The van der Waals surface area contributed by atoms with Gasteiger partial charge in [-0.1, -0.05) is 42.0 Å². The molecule has 1 heterocycles. The van der Waals surface area contributed by atoms with E-state index in [1.165, 1.54) is 0 Å². The molecule has 1 aliphatic carbocycles. The first-order chi connectivity index (χ1) is 16.9. The number of hydrogen-bond donors (Lipinski definition) is 2. The number of aryl methyl sites for hydroxylation is 1. The average molecular weight is 555 g/mol. The summed E-state index contributed by atoms with van der Waals surface area (Å²) in [6.45, 7) is 2.39. The highest BCUT2D eigenvalue weighted by Gasteiger charge is 2.41.